The molecule has 0 saturated carbocycles. The minimum atomic E-state index is -3.39. The number of aryl methyl sites for hydroxylation is 1. The SMILES string of the molecule is Cc1nnc2ccc(NCC3CCN(S(=O)(=O)c4ccccc4)CC3)nn12. The number of rotatable bonds is 5. The van der Waals surface area contributed by atoms with Crippen LogP contribution in [0.3, 0.4) is 0 Å². The molecule has 0 bridgehead atoms. The first kappa shape index (κ1) is 17.9. The van der Waals surface area contributed by atoms with Crippen LogP contribution in [0.25, 0.3) is 5.65 Å². The highest BCUT2D eigenvalue weighted by molar-refractivity contribution is 7.89. The summed E-state index contributed by atoms with van der Waals surface area (Å²) in [6, 6.07) is 12.4. The molecule has 0 unspecified atom stereocenters. The van der Waals surface area contributed by atoms with Crippen molar-refractivity contribution in [1.82, 2.24) is 24.1 Å². The van der Waals surface area contributed by atoms with E-state index in [0.29, 0.717) is 23.9 Å². The van der Waals surface area contributed by atoms with E-state index in [9.17, 15) is 8.42 Å². The van der Waals surface area contributed by atoms with Gasteiger partial charge in [-0.2, -0.15) is 8.82 Å². The molecule has 4 rings (SSSR count). The third-order valence-corrected chi connectivity index (χ3v) is 6.86. The molecule has 1 aliphatic rings. The van der Waals surface area contributed by atoms with Gasteiger partial charge in [0, 0.05) is 19.6 Å². The molecule has 9 heteroatoms. The van der Waals surface area contributed by atoms with Crippen LogP contribution in [-0.4, -0.2) is 52.2 Å². The Morgan fingerprint density at radius 3 is 2.56 bits per heavy atom. The Kier molecular flexibility index (Phi) is 4.79. The lowest BCUT2D eigenvalue weighted by atomic mass is 9.98. The van der Waals surface area contributed by atoms with Crippen LogP contribution in [0.15, 0.2) is 47.4 Å². The first-order valence-electron chi connectivity index (χ1n) is 9.02. The number of benzene rings is 1. The third kappa shape index (κ3) is 3.65. The number of nitrogens with zero attached hydrogens (tertiary/aromatic N) is 5. The van der Waals surface area contributed by atoms with Crippen LogP contribution >= 0.6 is 0 Å². The minimum absolute atomic E-state index is 0.364. The molecule has 27 heavy (non-hydrogen) atoms. The van der Waals surface area contributed by atoms with Gasteiger partial charge in [-0.3, -0.25) is 0 Å². The molecule has 1 fully saturated rings. The van der Waals surface area contributed by atoms with Crippen LogP contribution < -0.4 is 5.32 Å². The number of anilines is 1. The second-order valence-corrected chi connectivity index (χ2v) is 8.72. The molecule has 8 nitrogen and oxygen atoms in total. The summed E-state index contributed by atoms with van der Waals surface area (Å²) in [4.78, 5) is 0.364. The Balaban J connectivity index is 1.34. The van der Waals surface area contributed by atoms with Gasteiger partial charge >= 0.3 is 0 Å². The fraction of sp³-hybridized carbons (Fsp3) is 0.389. The Bertz CT molecular complexity index is 1030. The summed E-state index contributed by atoms with van der Waals surface area (Å²) < 4.78 is 28.7. The molecule has 3 heterocycles. The summed E-state index contributed by atoms with van der Waals surface area (Å²) in [6.45, 7) is 3.71. The summed E-state index contributed by atoms with van der Waals surface area (Å²) in [5.41, 5.74) is 0.720. The zero-order chi connectivity index (χ0) is 18.9. The summed E-state index contributed by atoms with van der Waals surface area (Å²) in [7, 11) is -3.39. The van der Waals surface area contributed by atoms with Crippen molar-refractivity contribution < 1.29 is 8.42 Å². The molecule has 0 amide bonds. The molecular weight excluding hydrogens is 364 g/mol. The molecule has 1 N–H and O–H groups in total. The number of aromatic nitrogens is 4. The van der Waals surface area contributed by atoms with Crippen LogP contribution in [0.1, 0.15) is 18.7 Å². The monoisotopic (exact) mass is 386 g/mol. The highest BCUT2D eigenvalue weighted by atomic mass is 32.2. The van der Waals surface area contributed by atoms with Gasteiger partial charge in [-0.1, -0.05) is 18.2 Å². The quantitative estimate of drug-likeness (QED) is 0.720. The van der Waals surface area contributed by atoms with Gasteiger partial charge in [0.15, 0.2) is 11.5 Å². The van der Waals surface area contributed by atoms with Gasteiger partial charge < -0.3 is 5.32 Å². The largest absolute Gasteiger partial charge is 0.368 e. The van der Waals surface area contributed by atoms with E-state index in [1.807, 2.05) is 25.1 Å². The van der Waals surface area contributed by atoms with Crippen LogP contribution in [0.2, 0.25) is 0 Å². The summed E-state index contributed by atoms with van der Waals surface area (Å²) >= 11 is 0. The molecule has 0 radical (unpaired) electrons. The number of sulfonamides is 1. The first-order chi connectivity index (χ1) is 13.0. The van der Waals surface area contributed by atoms with Crippen LogP contribution in [-0.2, 0) is 10.0 Å². The molecule has 1 saturated heterocycles. The van der Waals surface area contributed by atoms with Crippen molar-refractivity contribution >= 4 is 21.5 Å². The lowest BCUT2D eigenvalue weighted by Crippen LogP contribution is -2.39. The molecule has 0 aliphatic carbocycles. The maximum atomic E-state index is 12.7. The van der Waals surface area contributed by atoms with E-state index in [1.165, 1.54) is 0 Å². The first-order valence-corrected chi connectivity index (χ1v) is 10.5. The van der Waals surface area contributed by atoms with E-state index in [2.05, 4.69) is 20.6 Å². The Labute approximate surface area is 158 Å². The Morgan fingerprint density at radius 2 is 1.81 bits per heavy atom. The van der Waals surface area contributed by atoms with E-state index >= 15 is 0 Å². The highest BCUT2D eigenvalue weighted by Gasteiger charge is 2.29. The van der Waals surface area contributed by atoms with Gasteiger partial charge in [-0.25, -0.2) is 8.42 Å². The third-order valence-electron chi connectivity index (χ3n) is 4.95. The standard InChI is InChI=1S/C18H22N6O2S/c1-14-20-21-18-8-7-17(22-24(14)18)19-13-15-9-11-23(12-10-15)27(25,26)16-5-3-2-4-6-16/h2-8,15H,9-13H2,1H3,(H,19,22). The van der Waals surface area contributed by atoms with Crippen molar-refractivity contribution in [3.63, 3.8) is 0 Å². The lowest BCUT2D eigenvalue weighted by Gasteiger charge is -2.31. The zero-order valence-corrected chi connectivity index (χ0v) is 15.9. The molecule has 3 aromatic rings. The maximum absolute atomic E-state index is 12.7. The normalized spacial score (nSPS) is 16.6. The second kappa shape index (κ2) is 7.24. The van der Waals surface area contributed by atoms with Gasteiger partial charge in [0.2, 0.25) is 10.0 Å². The van der Waals surface area contributed by atoms with Gasteiger partial charge in [-0.15, -0.1) is 15.3 Å². The van der Waals surface area contributed by atoms with Crippen molar-refractivity contribution in [2.75, 3.05) is 25.0 Å². The average Bonchev–Trinajstić information content (AvgIpc) is 3.08. The molecule has 142 valence electrons. The van der Waals surface area contributed by atoms with E-state index in [4.69, 9.17) is 0 Å². The van der Waals surface area contributed by atoms with Gasteiger partial charge in [0.1, 0.15) is 5.82 Å². The van der Waals surface area contributed by atoms with Crippen LogP contribution in [0, 0.1) is 12.8 Å². The summed E-state index contributed by atoms with van der Waals surface area (Å²) in [5, 5.41) is 15.9. The van der Waals surface area contributed by atoms with Crippen LogP contribution in [0.4, 0.5) is 5.82 Å². The molecule has 0 atom stereocenters. The molecule has 1 aromatic carbocycles. The minimum Gasteiger partial charge on any atom is -0.368 e. The number of nitrogens with one attached hydrogen (secondary N) is 1. The molecule has 0 spiro atoms. The Hall–Kier alpha value is -2.52. The average molecular weight is 386 g/mol. The van der Waals surface area contributed by atoms with E-state index in [1.54, 1.807) is 33.1 Å². The number of piperidine rings is 1. The van der Waals surface area contributed by atoms with Crippen molar-refractivity contribution in [2.45, 2.75) is 24.7 Å². The summed E-state index contributed by atoms with van der Waals surface area (Å²) in [5.74, 6) is 1.92. The molecular formula is C18H22N6O2S. The van der Waals surface area contributed by atoms with Crippen molar-refractivity contribution in [3.05, 3.63) is 48.3 Å². The predicted octanol–water partition coefficient (Wildman–Crippen LogP) is 1.95. The van der Waals surface area contributed by atoms with Gasteiger partial charge in [0.05, 0.1) is 4.90 Å². The van der Waals surface area contributed by atoms with Crippen molar-refractivity contribution in [1.29, 1.82) is 0 Å². The van der Waals surface area contributed by atoms with Crippen molar-refractivity contribution in [2.24, 2.45) is 5.92 Å². The van der Waals surface area contributed by atoms with E-state index in [0.717, 1.165) is 36.7 Å². The maximum Gasteiger partial charge on any atom is 0.243 e. The topological polar surface area (TPSA) is 92.5 Å². The fourth-order valence-corrected chi connectivity index (χ4v) is 4.83. The molecule has 2 aromatic heterocycles. The van der Waals surface area contributed by atoms with Crippen LogP contribution in [0.5, 0.6) is 0 Å². The second-order valence-electron chi connectivity index (χ2n) is 6.78. The van der Waals surface area contributed by atoms with E-state index < -0.39 is 10.0 Å². The zero-order valence-electron chi connectivity index (χ0n) is 15.1. The van der Waals surface area contributed by atoms with E-state index in [-0.39, 0.29) is 0 Å². The molecule has 1 aliphatic heterocycles. The highest BCUT2D eigenvalue weighted by Crippen LogP contribution is 2.24. The summed E-state index contributed by atoms with van der Waals surface area (Å²) in [6.07, 6.45) is 1.65. The van der Waals surface area contributed by atoms with Crippen molar-refractivity contribution in [3.8, 4) is 0 Å². The number of fused-ring (bicyclic) bond motifs is 1. The fourth-order valence-electron chi connectivity index (χ4n) is 3.33. The smallest absolute Gasteiger partial charge is 0.243 e. The van der Waals surface area contributed by atoms with Gasteiger partial charge in [-0.05, 0) is 49.9 Å². The van der Waals surface area contributed by atoms with Gasteiger partial charge in [0.25, 0.3) is 0 Å². The Morgan fingerprint density at radius 1 is 1.07 bits per heavy atom. The number of hydrogen-bond donors (Lipinski definition) is 1. The predicted molar refractivity (Wildman–Crippen MR) is 102 cm³/mol. The lowest BCUT2D eigenvalue weighted by molar-refractivity contribution is 0.282. The number of hydrogen-bond acceptors (Lipinski definition) is 6.